The molecule has 1 unspecified atom stereocenters. The molecule has 6 nitrogen and oxygen atoms in total. The van der Waals surface area contributed by atoms with Crippen LogP contribution < -0.4 is 5.32 Å². The molecule has 0 bridgehead atoms. The summed E-state index contributed by atoms with van der Waals surface area (Å²) in [5.74, 6) is -0.792. The standard InChI is InChI=1S/C17H15F3N4O2/c18-17(19,20)13-4-2-1-3-11(13)9-24-10-12(7-15(24)25)23-16(26)14-8-21-5-6-22-14/h1-6,8,12H,7,9-10H2,(H,23,26). The third kappa shape index (κ3) is 3.98. The van der Waals surface area contributed by atoms with E-state index in [0.717, 1.165) is 6.07 Å². The van der Waals surface area contributed by atoms with E-state index in [1.54, 1.807) is 0 Å². The molecule has 1 aromatic heterocycles. The average molecular weight is 364 g/mol. The van der Waals surface area contributed by atoms with Crippen molar-refractivity contribution in [2.75, 3.05) is 6.54 Å². The number of nitrogens with one attached hydrogen (secondary N) is 1. The number of amides is 2. The van der Waals surface area contributed by atoms with Crippen molar-refractivity contribution in [3.63, 3.8) is 0 Å². The first-order chi connectivity index (χ1) is 12.3. The van der Waals surface area contributed by atoms with E-state index in [2.05, 4.69) is 15.3 Å². The molecule has 1 saturated heterocycles. The average Bonchev–Trinajstić information content (AvgIpc) is 2.94. The number of nitrogens with zero attached hydrogens (tertiary/aromatic N) is 3. The van der Waals surface area contributed by atoms with Gasteiger partial charge < -0.3 is 10.2 Å². The zero-order valence-electron chi connectivity index (χ0n) is 13.5. The number of hydrogen-bond donors (Lipinski definition) is 1. The molecule has 9 heteroatoms. The Morgan fingerprint density at radius 1 is 1.27 bits per heavy atom. The third-order valence-corrected chi connectivity index (χ3v) is 4.03. The topological polar surface area (TPSA) is 75.2 Å². The van der Waals surface area contributed by atoms with Gasteiger partial charge in [0.15, 0.2) is 0 Å². The lowest BCUT2D eigenvalue weighted by molar-refractivity contribution is -0.139. The predicted molar refractivity (Wildman–Crippen MR) is 84.8 cm³/mol. The largest absolute Gasteiger partial charge is 0.416 e. The lowest BCUT2D eigenvalue weighted by Gasteiger charge is -2.20. The molecule has 0 saturated carbocycles. The van der Waals surface area contributed by atoms with Gasteiger partial charge in [-0.2, -0.15) is 13.2 Å². The number of likely N-dealkylation sites (tertiary alicyclic amines) is 1. The van der Waals surface area contributed by atoms with Crippen LogP contribution in [0.25, 0.3) is 0 Å². The SMILES string of the molecule is O=C(NC1CC(=O)N(Cc2ccccc2C(F)(F)F)C1)c1cnccn1. The third-order valence-electron chi connectivity index (χ3n) is 4.03. The summed E-state index contributed by atoms with van der Waals surface area (Å²) in [7, 11) is 0. The van der Waals surface area contributed by atoms with Gasteiger partial charge in [0.25, 0.3) is 5.91 Å². The van der Waals surface area contributed by atoms with Crippen molar-refractivity contribution in [3.05, 3.63) is 59.7 Å². The Morgan fingerprint density at radius 2 is 2.04 bits per heavy atom. The van der Waals surface area contributed by atoms with Gasteiger partial charge in [0, 0.05) is 31.9 Å². The van der Waals surface area contributed by atoms with Crippen LogP contribution >= 0.6 is 0 Å². The first kappa shape index (κ1) is 17.8. The Morgan fingerprint density at radius 3 is 2.73 bits per heavy atom. The quantitative estimate of drug-likeness (QED) is 0.901. The molecule has 1 fully saturated rings. The van der Waals surface area contributed by atoms with Crippen LogP contribution in [0.5, 0.6) is 0 Å². The van der Waals surface area contributed by atoms with Crippen LogP contribution in [-0.4, -0.2) is 39.3 Å². The monoisotopic (exact) mass is 364 g/mol. The van der Waals surface area contributed by atoms with Crippen LogP contribution in [0.3, 0.4) is 0 Å². The number of alkyl halides is 3. The van der Waals surface area contributed by atoms with E-state index in [4.69, 9.17) is 0 Å². The molecule has 1 atom stereocenters. The number of rotatable bonds is 4. The van der Waals surface area contributed by atoms with Crippen LogP contribution in [0.4, 0.5) is 13.2 Å². The van der Waals surface area contributed by atoms with Gasteiger partial charge in [0.1, 0.15) is 5.69 Å². The Balaban J connectivity index is 1.67. The van der Waals surface area contributed by atoms with Gasteiger partial charge in [-0.25, -0.2) is 4.98 Å². The van der Waals surface area contributed by atoms with E-state index >= 15 is 0 Å². The minimum Gasteiger partial charge on any atom is -0.346 e. The van der Waals surface area contributed by atoms with Gasteiger partial charge in [-0.05, 0) is 11.6 Å². The molecule has 1 aliphatic heterocycles. The molecule has 0 spiro atoms. The normalized spacial score (nSPS) is 17.4. The zero-order chi connectivity index (χ0) is 18.7. The Kier molecular flexibility index (Phi) is 4.88. The molecule has 0 aliphatic carbocycles. The summed E-state index contributed by atoms with van der Waals surface area (Å²) >= 11 is 0. The van der Waals surface area contributed by atoms with Gasteiger partial charge in [-0.3, -0.25) is 14.6 Å². The molecule has 1 N–H and O–H groups in total. The summed E-state index contributed by atoms with van der Waals surface area (Å²) < 4.78 is 39.2. The second-order valence-electron chi connectivity index (χ2n) is 5.89. The number of carbonyl (C=O) groups is 2. The maximum absolute atomic E-state index is 13.1. The molecule has 1 aliphatic rings. The molecule has 2 amide bonds. The van der Waals surface area contributed by atoms with E-state index in [-0.39, 0.29) is 36.7 Å². The summed E-state index contributed by atoms with van der Waals surface area (Å²) in [6.45, 7) is -0.0247. The predicted octanol–water partition coefficient (Wildman–Crippen LogP) is 2.03. The highest BCUT2D eigenvalue weighted by molar-refractivity contribution is 5.93. The minimum atomic E-state index is -4.49. The maximum atomic E-state index is 13.1. The fourth-order valence-corrected chi connectivity index (χ4v) is 2.84. The van der Waals surface area contributed by atoms with Crippen LogP contribution in [-0.2, 0) is 17.5 Å². The van der Waals surface area contributed by atoms with Crippen molar-refractivity contribution < 1.29 is 22.8 Å². The Hall–Kier alpha value is -2.97. The van der Waals surface area contributed by atoms with Crippen molar-refractivity contribution in [2.45, 2.75) is 25.2 Å². The molecule has 136 valence electrons. The van der Waals surface area contributed by atoms with Gasteiger partial charge >= 0.3 is 6.18 Å². The van der Waals surface area contributed by atoms with Crippen LogP contribution in [0, 0.1) is 0 Å². The molecule has 0 radical (unpaired) electrons. The van der Waals surface area contributed by atoms with Crippen molar-refractivity contribution in [1.29, 1.82) is 0 Å². The van der Waals surface area contributed by atoms with E-state index in [9.17, 15) is 22.8 Å². The van der Waals surface area contributed by atoms with Gasteiger partial charge in [0.2, 0.25) is 5.91 Å². The summed E-state index contributed by atoms with van der Waals surface area (Å²) in [6.07, 6.45) is -0.368. The number of halogens is 3. The molecule has 1 aromatic carbocycles. The van der Waals surface area contributed by atoms with E-state index in [1.165, 1.54) is 41.7 Å². The summed E-state index contributed by atoms with van der Waals surface area (Å²) in [5, 5.41) is 2.66. The number of benzene rings is 1. The fourth-order valence-electron chi connectivity index (χ4n) is 2.84. The second-order valence-corrected chi connectivity index (χ2v) is 5.89. The van der Waals surface area contributed by atoms with Crippen molar-refractivity contribution >= 4 is 11.8 Å². The highest BCUT2D eigenvalue weighted by Crippen LogP contribution is 2.32. The molecular formula is C17H15F3N4O2. The lowest BCUT2D eigenvalue weighted by Crippen LogP contribution is -2.37. The number of aromatic nitrogens is 2. The second kappa shape index (κ2) is 7.11. The smallest absolute Gasteiger partial charge is 0.346 e. The molecule has 2 aromatic rings. The van der Waals surface area contributed by atoms with Crippen molar-refractivity contribution in [3.8, 4) is 0 Å². The minimum absolute atomic E-state index is 0.0225. The van der Waals surface area contributed by atoms with Gasteiger partial charge in [0.05, 0.1) is 17.8 Å². The Labute approximate surface area is 147 Å². The Bertz CT molecular complexity index is 811. The van der Waals surface area contributed by atoms with E-state index in [1.807, 2.05) is 0 Å². The van der Waals surface area contributed by atoms with Crippen molar-refractivity contribution in [2.24, 2.45) is 0 Å². The van der Waals surface area contributed by atoms with Gasteiger partial charge in [-0.1, -0.05) is 18.2 Å². The summed E-state index contributed by atoms with van der Waals surface area (Å²) in [4.78, 5) is 33.2. The highest BCUT2D eigenvalue weighted by atomic mass is 19.4. The van der Waals surface area contributed by atoms with Crippen LogP contribution in [0.15, 0.2) is 42.9 Å². The van der Waals surface area contributed by atoms with Crippen LogP contribution in [0.2, 0.25) is 0 Å². The van der Waals surface area contributed by atoms with Gasteiger partial charge in [-0.15, -0.1) is 0 Å². The zero-order valence-corrected chi connectivity index (χ0v) is 13.5. The van der Waals surface area contributed by atoms with E-state index < -0.39 is 23.7 Å². The maximum Gasteiger partial charge on any atom is 0.416 e. The number of hydrogen-bond acceptors (Lipinski definition) is 4. The number of carbonyl (C=O) groups excluding carboxylic acids is 2. The molecular weight excluding hydrogens is 349 g/mol. The summed E-state index contributed by atoms with van der Waals surface area (Å²) in [5.41, 5.74) is -0.630. The summed E-state index contributed by atoms with van der Waals surface area (Å²) in [6, 6.07) is 4.65. The fraction of sp³-hybridized carbons (Fsp3) is 0.294. The highest BCUT2D eigenvalue weighted by Gasteiger charge is 2.36. The first-order valence-electron chi connectivity index (χ1n) is 7.84. The first-order valence-corrected chi connectivity index (χ1v) is 7.84. The molecule has 3 rings (SSSR count). The molecule has 2 heterocycles. The molecule has 26 heavy (non-hydrogen) atoms. The van der Waals surface area contributed by atoms with E-state index in [0.29, 0.717) is 0 Å². The van der Waals surface area contributed by atoms with Crippen molar-refractivity contribution in [1.82, 2.24) is 20.2 Å². The van der Waals surface area contributed by atoms with Crippen LogP contribution in [0.1, 0.15) is 28.0 Å². The lowest BCUT2D eigenvalue weighted by atomic mass is 10.1.